The van der Waals surface area contributed by atoms with Crippen LogP contribution in [0.1, 0.15) is 33.2 Å². The Balaban J connectivity index is 2.09. The van der Waals surface area contributed by atoms with Crippen LogP contribution in [-0.2, 0) is 5.92 Å². The predicted octanol–water partition coefficient (Wildman–Crippen LogP) is 4.81. The van der Waals surface area contributed by atoms with Gasteiger partial charge in [0.15, 0.2) is 5.78 Å². The molecule has 0 bridgehead atoms. The molecule has 0 N–H and O–H groups in total. The number of anilines is 1. The van der Waals surface area contributed by atoms with Gasteiger partial charge in [0.2, 0.25) is 0 Å². The molecule has 0 spiro atoms. The fraction of sp³-hybridized carbons (Fsp3) is 0.111. The average Bonchev–Trinajstić information content (AvgIpc) is 2.54. The van der Waals surface area contributed by atoms with E-state index in [-0.39, 0.29) is 28.2 Å². The highest BCUT2D eigenvalue weighted by Gasteiger charge is 2.38. The molecule has 122 valence electrons. The quantitative estimate of drug-likeness (QED) is 0.731. The summed E-state index contributed by atoms with van der Waals surface area (Å²) in [5.41, 5.74) is 0.100. The van der Waals surface area contributed by atoms with Gasteiger partial charge in [0.25, 0.3) is 11.8 Å². The summed E-state index contributed by atoms with van der Waals surface area (Å²) in [4.78, 5) is 25.2. The smallest absolute Gasteiger partial charge is 0.295 e. The van der Waals surface area contributed by atoms with Crippen molar-refractivity contribution in [1.29, 1.82) is 0 Å². The topological polar surface area (TPSA) is 37.4 Å². The molecule has 6 heteroatoms. The van der Waals surface area contributed by atoms with Gasteiger partial charge in [-0.15, -0.1) is 0 Å². The standard InChI is InChI=1S/C18H12ClF2NO2/c1-11(23)12-5-6-16-15(10-12)18(20,21)7-8-22(16)17(24)13-3-2-4-14(19)9-13/h2-10H,1H3. The molecule has 3 nitrogen and oxygen atoms in total. The van der Waals surface area contributed by atoms with Crippen molar-refractivity contribution in [3.8, 4) is 0 Å². The number of halogens is 3. The molecule has 2 aromatic rings. The first-order valence-electron chi connectivity index (χ1n) is 7.11. The molecule has 1 heterocycles. The predicted molar refractivity (Wildman–Crippen MR) is 87.7 cm³/mol. The number of alkyl halides is 2. The van der Waals surface area contributed by atoms with Crippen LogP contribution in [0.4, 0.5) is 14.5 Å². The van der Waals surface area contributed by atoms with Crippen molar-refractivity contribution in [3.63, 3.8) is 0 Å². The second kappa shape index (κ2) is 5.83. The number of amides is 1. The summed E-state index contributed by atoms with van der Waals surface area (Å²) in [6, 6.07) is 10.1. The maximum Gasteiger partial charge on any atom is 0.295 e. The zero-order chi connectivity index (χ0) is 17.5. The van der Waals surface area contributed by atoms with Gasteiger partial charge in [-0.05, 0) is 43.3 Å². The maximum atomic E-state index is 14.2. The number of carbonyl (C=O) groups excluding carboxylic acids is 2. The number of hydrogen-bond acceptors (Lipinski definition) is 2. The molecule has 0 aliphatic carbocycles. The Morgan fingerprint density at radius 1 is 1.08 bits per heavy atom. The third-order valence-corrected chi connectivity index (χ3v) is 3.98. The SMILES string of the molecule is CC(=O)c1ccc2c(c1)C(F)(F)C=CN2C(=O)c1cccc(Cl)c1. The van der Waals surface area contributed by atoms with Crippen molar-refractivity contribution in [2.75, 3.05) is 4.90 Å². The summed E-state index contributed by atoms with van der Waals surface area (Å²) in [7, 11) is 0. The number of fused-ring (bicyclic) bond motifs is 1. The third-order valence-electron chi connectivity index (χ3n) is 3.75. The second-order valence-corrected chi connectivity index (χ2v) is 5.85. The van der Waals surface area contributed by atoms with Crippen molar-refractivity contribution in [1.82, 2.24) is 0 Å². The first-order chi connectivity index (χ1) is 11.3. The van der Waals surface area contributed by atoms with Crippen molar-refractivity contribution in [3.05, 3.63) is 76.5 Å². The molecule has 1 aliphatic heterocycles. The van der Waals surface area contributed by atoms with Gasteiger partial charge in [-0.3, -0.25) is 14.5 Å². The fourth-order valence-electron chi connectivity index (χ4n) is 2.51. The molecular formula is C18H12ClF2NO2. The summed E-state index contributed by atoms with van der Waals surface area (Å²) in [6.45, 7) is 1.30. The zero-order valence-corrected chi connectivity index (χ0v) is 13.3. The number of rotatable bonds is 2. The van der Waals surface area contributed by atoms with Gasteiger partial charge < -0.3 is 0 Å². The number of Topliss-reactive ketones (excluding diaryl/α,β-unsaturated/α-hetero) is 1. The van der Waals surface area contributed by atoms with E-state index in [1.54, 1.807) is 18.2 Å². The lowest BCUT2D eigenvalue weighted by atomic mass is 9.97. The first kappa shape index (κ1) is 16.3. The van der Waals surface area contributed by atoms with E-state index in [4.69, 9.17) is 11.6 Å². The van der Waals surface area contributed by atoms with E-state index < -0.39 is 11.8 Å². The van der Waals surface area contributed by atoms with Crippen molar-refractivity contribution in [2.45, 2.75) is 12.8 Å². The van der Waals surface area contributed by atoms with Gasteiger partial charge in [0, 0.05) is 34.0 Å². The fourth-order valence-corrected chi connectivity index (χ4v) is 2.70. The Morgan fingerprint density at radius 2 is 1.83 bits per heavy atom. The van der Waals surface area contributed by atoms with E-state index in [0.717, 1.165) is 17.2 Å². The van der Waals surface area contributed by atoms with Crippen LogP contribution in [0.2, 0.25) is 5.02 Å². The first-order valence-corrected chi connectivity index (χ1v) is 7.49. The zero-order valence-electron chi connectivity index (χ0n) is 12.6. The number of benzene rings is 2. The molecule has 1 amide bonds. The van der Waals surface area contributed by atoms with Gasteiger partial charge in [0.1, 0.15) is 0 Å². The number of allylic oxidation sites excluding steroid dienone is 1. The number of hydrogen-bond donors (Lipinski definition) is 0. The average molecular weight is 348 g/mol. The molecule has 0 radical (unpaired) electrons. The minimum atomic E-state index is -3.26. The van der Waals surface area contributed by atoms with Crippen LogP contribution < -0.4 is 4.90 Å². The van der Waals surface area contributed by atoms with Gasteiger partial charge in [-0.1, -0.05) is 17.7 Å². The van der Waals surface area contributed by atoms with Crippen LogP contribution in [0.3, 0.4) is 0 Å². The number of nitrogens with zero attached hydrogens (tertiary/aromatic N) is 1. The van der Waals surface area contributed by atoms with Gasteiger partial charge >= 0.3 is 0 Å². The van der Waals surface area contributed by atoms with Crippen LogP contribution in [0.25, 0.3) is 0 Å². The highest BCUT2D eigenvalue weighted by molar-refractivity contribution is 6.31. The van der Waals surface area contributed by atoms with E-state index >= 15 is 0 Å². The maximum absolute atomic E-state index is 14.2. The lowest BCUT2D eigenvalue weighted by Crippen LogP contribution is -2.32. The summed E-state index contributed by atoms with van der Waals surface area (Å²) in [5, 5.41) is 0.374. The lowest BCUT2D eigenvalue weighted by molar-refractivity contribution is 0.0506. The molecule has 0 aromatic heterocycles. The Kier molecular flexibility index (Phi) is 3.97. The van der Waals surface area contributed by atoms with Gasteiger partial charge in [0.05, 0.1) is 5.69 Å². The monoisotopic (exact) mass is 347 g/mol. The molecule has 3 rings (SSSR count). The summed E-state index contributed by atoms with van der Waals surface area (Å²) >= 11 is 5.88. The molecular weight excluding hydrogens is 336 g/mol. The highest BCUT2D eigenvalue weighted by atomic mass is 35.5. The van der Waals surface area contributed by atoms with Crippen LogP contribution in [0.15, 0.2) is 54.7 Å². The minimum absolute atomic E-state index is 0.0393. The van der Waals surface area contributed by atoms with Crippen LogP contribution >= 0.6 is 11.6 Å². The number of carbonyl (C=O) groups is 2. The van der Waals surface area contributed by atoms with Crippen molar-refractivity contribution in [2.24, 2.45) is 0 Å². The molecule has 0 atom stereocenters. The molecule has 1 aliphatic rings. The molecule has 0 saturated heterocycles. The van der Waals surface area contributed by atoms with E-state index in [2.05, 4.69) is 0 Å². The van der Waals surface area contributed by atoms with Crippen LogP contribution in [0, 0.1) is 0 Å². The van der Waals surface area contributed by atoms with Crippen LogP contribution in [0.5, 0.6) is 0 Å². The molecule has 0 saturated carbocycles. The molecule has 0 unspecified atom stereocenters. The normalized spacial score (nSPS) is 15.1. The largest absolute Gasteiger partial charge is 0.295 e. The third kappa shape index (κ3) is 2.83. The summed E-state index contributed by atoms with van der Waals surface area (Å²) in [5.74, 6) is -4.07. The van der Waals surface area contributed by atoms with Crippen molar-refractivity contribution >= 4 is 29.0 Å². The molecule has 24 heavy (non-hydrogen) atoms. The summed E-state index contributed by atoms with van der Waals surface area (Å²) < 4.78 is 28.4. The Labute approximate surface area is 142 Å². The van der Waals surface area contributed by atoms with E-state index in [9.17, 15) is 18.4 Å². The van der Waals surface area contributed by atoms with E-state index in [1.807, 2.05) is 0 Å². The van der Waals surface area contributed by atoms with Crippen molar-refractivity contribution < 1.29 is 18.4 Å². The lowest BCUT2D eigenvalue weighted by Gasteiger charge is -2.29. The highest BCUT2D eigenvalue weighted by Crippen LogP contribution is 2.41. The Morgan fingerprint density at radius 3 is 2.50 bits per heavy atom. The number of ketones is 1. The minimum Gasteiger partial charge on any atom is -0.295 e. The summed E-state index contributed by atoms with van der Waals surface area (Å²) in [6.07, 6.45) is 1.68. The molecule has 2 aromatic carbocycles. The Hall–Kier alpha value is -2.53. The Bertz CT molecular complexity index is 877. The van der Waals surface area contributed by atoms with E-state index in [0.29, 0.717) is 11.1 Å². The van der Waals surface area contributed by atoms with E-state index in [1.165, 1.54) is 25.1 Å². The van der Waals surface area contributed by atoms with Crippen LogP contribution in [-0.4, -0.2) is 11.7 Å². The van der Waals surface area contributed by atoms with Gasteiger partial charge in [-0.25, -0.2) is 0 Å². The second-order valence-electron chi connectivity index (χ2n) is 5.41. The molecule has 0 fully saturated rings. The van der Waals surface area contributed by atoms with Gasteiger partial charge in [-0.2, -0.15) is 8.78 Å².